The number of aromatic nitrogens is 1. The molecule has 2 aromatic carbocycles. The molecule has 9 nitrogen and oxygen atoms in total. The van der Waals surface area contributed by atoms with E-state index in [1.54, 1.807) is 13.3 Å². The van der Waals surface area contributed by atoms with E-state index < -0.39 is 0 Å². The molecule has 44 heavy (non-hydrogen) atoms. The van der Waals surface area contributed by atoms with Crippen LogP contribution in [0.4, 0.5) is 11.5 Å². The maximum Gasteiger partial charge on any atom is 0.253 e. The zero-order valence-electron chi connectivity index (χ0n) is 26.3. The Morgan fingerprint density at radius 2 is 1.64 bits per heavy atom. The Morgan fingerprint density at radius 1 is 0.932 bits per heavy atom. The number of rotatable bonds is 8. The lowest BCUT2D eigenvalue weighted by Crippen LogP contribution is -2.50. The lowest BCUT2D eigenvalue weighted by Gasteiger charge is -2.40. The first kappa shape index (κ1) is 29.9. The predicted octanol–water partition coefficient (Wildman–Crippen LogP) is 4.57. The van der Waals surface area contributed by atoms with Crippen LogP contribution < -0.4 is 25.2 Å². The number of fused-ring (bicyclic) bond motifs is 2. The van der Waals surface area contributed by atoms with Gasteiger partial charge in [0, 0.05) is 67.3 Å². The summed E-state index contributed by atoms with van der Waals surface area (Å²) >= 11 is 0. The van der Waals surface area contributed by atoms with Gasteiger partial charge in [0.1, 0.15) is 11.6 Å². The van der Waals surface area contributed by atoms with Crippen molar-refractivity contribution in [3.8, 4) is 5.75 Å². The molecule has 232 valence electrons. The molecule has 2 amide bonds. The van der Waals surface area contributed by atoms with Crippen molar-refractivity contribution in [3.05, 3.63) is 83.0 Å². The highest BCUT2D eigenvalue weighted by molar-refractivity contribution is 5.96. The number of nitrogens with one attached hydrogen (secondary N) is 2. The third-order valence-electron chi connectivity index (χ3n) is 9.70. The van der Waals surface area contributed by atoms with Gasteiger partial charge in [-0.1, -0.05) is 18.2 Å². The van der Waals surface area contributed by atoms with Crippen LogP contribution >= 0.6 is 0 Å². The van der Waals surface area contributed by atoms with Gasteiger partial charge in [-0.2, -0.15) is 0 Å². The van der Waals surface area contributed by atoms with Gasteiger partial charge in [0.05, 0.1) is 18.7 Å². The van der Waals surface area contributed by atoms with E-state index in [9.17, 15) is 9.59 Å². The van der Waals surface area contributed by atoms with Crippen LogP contribution in [0.2, 0.25) is 0 Å². The van der Waals surface area contributed by atoms with E-state index in [4.69, 9.17) is 9.72 Å². The average Bonchev–Trinajstić information content (AvgIpc) is 3.31. The summed E-state index contributed by atoms with van der Waals surface area (Å²) in [6, 6.07) is 18.6. The Hall–Kier alpha value is -4.11. The van der Waals surface area contributed by atoms with Gasteiger partial charge in [-0.3, -0.25) is 9.59 Å². The van der Waals surface area contributed by atoms with Crippen LogP contribution in [0, 0.1) is 6.92 Å². The Bertz CT molecular complexity index is 1450. The van der Waals surface area contributed by atoms with E-state index in [1.807, 2.05) is 44.2 Å². The maximum absolute atomic E-state index is 13.1. The van der Waals surface area contributed by atoms with Crippen LogP contribution in [0.3, 0.4) is 0 Å². The number of likely N-dealkylation sites (N-methyl/N-ethyl adjacent to an activating group) is 1. The highest BCUT2D eigenvalue weighted by Gasteiger charge is 2.42. The Morgan fingerprint density at radius 3 is 2.27 bits per heavy atom. The van der Waals surface area contributed by atoms with Crippen molar-refractivity contribution < 1.29 is 14.3 Å². The average molecular weight is 597 g/mol. The van der Waals surface area contributed by atoms with E-state index in [2.05, 4.69) is 56.6 Å². The van der Waals surface area contributed by atoms with Gasteiger partial charge in [-0.25, -0.2) is 4.98 Å². The Balaban J connectivity index is 1.03. The number of nitrogens with zero attached hydrogens (tertiary/aromatic N) is 4. The zero-order chi connectivity index (χ0) is 30.8. The molecular weight excluding hydrogens is 552 g/mol. The van der Waals surface area contributed by atoms with Crippen molar-refractivity contribution in [1.82, 2.24) is 20.5 Å². The van der Waals surface area contributed by atoms with E-state index in [-0.39, 0.29) is 23.9 Å². The number of carbonyl (C=O) groups is 2. The van der Waals surface area contributed by atoms with Gasteiger partial charge >= 0.3 is 0 Å². The van der Waals surface area contributed by atoms with E-state index in [1.165, 1.54) is 5.69 Å². The smallest absolute Gasteiger partial charge is 0.253 e. The Labute approximate surface area is 260 Å². The number of hydrogen-bond acceptors (Lipinski definition) is 7. The fraction of sp³-hybridized carbons (Fsp3) is 0.457. The van der Waals surface area contributed by atoms with Crippen LogP contribution in [0.15, 0.2) is 60.8 Å². The van der Waals surface area contributed by atoms with Gasteiger partial charge < -0.3 is 30.1 Å². The van der Waals surface area contributed by atoms with E-state index in [0.717, 1.165) is 74.6 Å². The predicted molar refractivity (Wildman–Crippen MR) is 174 cm³/mol. The molecule has 1 aromatic heterocycles. The highest BCUT2D eigenvalue weighted by atomic mass is 16.5. The molecule has 2 N–H and O–H groups in total. The van der Waals surface area contributed by atoms with Gasteiger partial charge in [0.2, 0.25) is 0 Å². The molecule has 0 aliphatic carbocycles. The van der Waals surface area contributed by atoms with E-state index >= 15 is 0 Å². The maximum atomic E-state index is 13.1. The normalized spacial score (nSPS) is 22.4. The van der Waals surface area contributed by atoms with Crippen LogP contribution in [0.5, 0.6) is 5.75 Å². The molecule has 0 spiro atoms. The number of hydrogen-bond donors (Lipinski definition) is 2. The number of anilines is 2. The first-order valence-electron chi connectivity index (χ1n) is 15.8. The molecule has 2 bridgehead atoms. The van der Waals surface area contributed by atoms with Crippen molar-refractivity contribution in [2.24, 2.45) is 0 Å². The van der Waals surface area contributed by atoms with Crippen molar-refractivity contribution in [1.29, 1.82) is 0 Å². The standard InChI is InChI=1S/C35H44N6O3/c1-23-31(6-5-7-32(23)44-4)35(43)38-27-20-29-13-14-30(21-27)41(29)33-15-10-26(22-36-33)34(42)37-24(2)25-8-11-28(12-9-25)40-18-16-39(3)17-19-40/h5-12,15,22,24,27,29-30H,13-14,16-21H2,1-4H3,(H,37,42)(H,38,43)/t24-,27?,29?,30?/m0/s1. The second kappa shape index (κ2) is 12.9. The minimum Gasteiger partial charge on any atom is -0.496 e. The number of ether oxygens (including phenoxy) is 1. The minimum absolute atomic E-state index is 0.0482. The molecule has 2 unspecified atom stereocenters. The number of methoxy groups -OCH3 is 1. The molecular formula is C35H44N6O3. The number of carbonyl (C=O) groups excluding carboxylic acids is 2. The summed E-state index contributed by atoms with van der Waals surface area (Å²) in [5.74, 6) is 1.44. The molecule has 0 radical (unpaired) electrons. The van der Waals surface area contributed by atoms with Gasteiger partial charge in [0.25, 0.3) is 11.8 Å². The number of pyridine rings is 1. The number of benzene rings is 2. The Kier molecular flexibility index (Phi) is 8.75. The number of piperazine rings is 1. The lowest BCUT2D eigenvalue weighted by atomic mass is 9.96. The van der Waals surface area contributed by atoms with Crippen LogP contribution in [0.25, 0.3) is 0 Å². The number of amides is 2. The first-order valence-corrected chi connectivity index (χ1v) is 15.8. The third kappa shape index (κ3) is 6.24. The molecule has 9 heteroatoms. The third-order valence-corrected chi connectivity index (χ3v) is 9.70. The second-order valence-electron chi connectivity index (χ2n) is 12.5. The molecule has 3 aliphatic heterocycles. The molecule has 3 saturated heterocycles. The molecule has 3 fully saturated rings. The fourth-order valence-corrected chi connectivity index (χ4v) is 7.09. The highest BCUT2D eigenvalue weighted by Crippen LogP contribution is 2.39. The molecule has 4 heterocycles. The van der Waals surface area contributed by atoms with Gasteiger partial charge in [-0.05, 0) is 88.5 Å². The van der Waals surface area contributed by atoms with E-state index in [0.29, 0.717) is 23.2 Å². The SMILES string of the molecule is COc1cccc(C(=O)NC2CC3CCC(C2)N3c2ccc(C(=O)N[C@@H](C)c3ccc(N4CCN(C)CC4)cc3)cn2)c1C. The first-order chi connectivity index (χ1) is 21.3. The topological polar surface area (TPSA) is 90.0 Å². The molecule has 3 aromatic rings. The van der Waals surface area contributed by atoms with Gasteiger partial charge in [0.15, 0.2) is 0 Å². The monoisotopic (exact) mass is 596 g/mol. The molecule has 0 saturated carbocycles. The van der Waals surface area contributed by atoms with Crippen LogP contribution in [0.1, 0.15) is 70.5 Å². The summed E-state index contributed by atoms with van der Waals surface area (Å²) < 4.78 is 5.40. The second-order valence-corrected chi connectivity index (χ2v) is 12.5. The number of piperidine rings is 1. The van der Waals surface area contributed by atoms with Crippen molar-refractivity contribution >= 4 is 23.3 Å². The summed E-state index contributed by atoms with van der Waals surface area (Å²) in [6.45, 7) is 8.15. The fourth-order valence-electron chi connectivity index (χ4n) is 7.09. The summed E-state index contributed by atoms with van der Waals surface area (Å²) in [7, 11) is 3.79. The van der Waals surface area contributed by atoms with Crippen LogP contribution in [-0.4, -0.2) is 80.2 Å². The minimum atomic E-state index is -0.128. The lowest BCUT2D eigenvalue weighted by molar-refractivity contribution is 0.0922. The van der Waals surface area contributed by atoms with Gasteiger partial charge in [-0.15, -0.1) is 0 Å². The quantitative estimate of drug-likeness (QED) is 0.394. The summed E-state index contributed by atoms with van der Waals surface area (Å²) in [5, 5.41) is 6.41. The van der Waals surface area contributed by atoms with Crippen molar-refractivity contribution in [2.45, 2.75) is 63.7 Å². The molecule has 3 aliphatic rings. The summed E-state index contributed by atoms with van der Waals surface area (Å²) in [5.41, 5.74) is 4.38. The largest absolute Gasteiger partial charge is 0.496 e. The zero-order valence-corrected chi connectivity index (χ0v) is 26.3. The summed E-state index contributed by atoms with van der Waals surface area (Å²) in [4.78, 5) is 38.1. The summed E-state index contributed by atoms with van der Waals surface area (Å²) in [6.07, 6.45) is 5.59. The van der Waals surface area contributed by atoms with Crippen molar-refractivity contribution in [2.75, 3.05) is 50.1 Å². The van der Waals surface area contributed by atoms with Crippen molar-refractivity contribution in [3.63, 3.8) is 0 Å². The molecule has 3 atom stereocenters. The van der Waals surface area contributed by atoms with Crippen LogP contribution in [-0.2, 0) is 0 Å². The molecule has 6 rings (SSSR count).